The zero-order chi connectivity index (χ0) is 16.5. The third-order valence-electron chi connectivity index (χ3n) is 5.38. The van der Waals surface area contributed by atoms with Crippen LogP contribution in [0.4, 0.5) is 0 Å². The van der Waals surface area contributed by atoms with Crippen LogP contribution in [0.1, 0.15) is 61.5 Å². The van der Waals surface area contributed by atoms with Gasteiger partial charge in [-0.2, -0.15) is 0 Å². The maximum Gasteiger partial charge on any atom is 0.268 e. The molecule has 0 radical (unpaired) electrons. The molecule has 2 aromatic rings. The fourth-order valence-electron chi connectivity index (χ4n) is 3.86. The van der Waals surface area contributed by atoms with E-state index in [2.05, 4.69) is 5.32 Å². The van der Waals surface area contributed by atoms with E-state index in [9.17, 15) is 9.59 Å². The molecule has 2 fully saturated rings. The van der Waals surface area contributed by atoms with Gasteiger partial charge in [0.05, 0.1) is 0 Å². The number of nitrogens with one attached hydrogen (secondary N) is 1. The SMILES string of the molecule is O=C(NCC1CCCCC1)c1cc2ccccc2c(=O)n1C1CC1. The number of rotatable bonds is 4. The normalized spacial score (nSPS) is 18.7. The van der Waals surface area contributed by atoms with Crippen LogP contribution in [-0.2, 0) is 0 Å². The van der Waals surface area contributed by atoms with E-state index in [4.69, 9.17) is 0 Å². The van der Waals surface area contributed by atoms with Crippen molar-refractivity contribution in [3.8, 4) is 0 Å². The van der Waals surface area contributed by atoms with Crippen molar-refractivity contribution in [1.82, 2.24) is 9.88 Å². The Hall–Kier alpha value is -2.10. The van der Waals surface area contributed by atoms with Crippen LogP contribution in [0.2, 0.25) is 0 Å². The van der Waals surface area contributed by atoms with Crippen molar-refractivity contribution in [3.63, 3.8) is 0 Å². The monoisotopic (exact) mass is 324 g/mol. The van der Waals surface area contributed by atoms with E-state index in [1.165, 1.54) is 32.1 Å². The molecule has 0 aliphatic heterocycles. The lowest BCUT2D eigenvalue weighted by molar-refractivity contribution is 0.0933. The Morgan fingerprint density at radius 2 is 1.83 bits per heavy atom. The zero-order valence-electron chi connectivity index (χ0n) is 14.0. The second-order valence-corrected chi connectivity index (χ2v) is 7.24. The molecule has 2 aliphatic carbocycles. The average Bonchev–Trinajstić information content (AvgIpc) is 3.45. The summed E-state index contributed by atoms with van der Waals surface area (Å²) in [6.07, 6.45) is 8.23. The van der Waals surface area contributed by atoms with Crippen molar-refractivity contribution >= 4 is 16.7 Å². The second-order valence-electron chi connectivity index (χ2n) is 7.24. The first-order valence-electron chi connectivity index (χ1n) is 9.16. The summed E-state index contributed by atoms with van der Waals surface area (Å²) in [4.78, 5) is 25.6. The van der Waals surface area contributed by atoms with Crippen molar-refractivity contribution < 1.29 is 4.79 Å². The predicted molar refractivity (Wildman–Crippen MR) is 95.4 cm³/mol. The van der Waals surface area contributed by atoms with Crippen LogP contribution in [0.25, 0.3) is 10.8 Å². The summed E-state index contributed by atoms with van der Waals surface area (Å²) in [6, 6.07) is 9.62. The highest BCUT2D eigenvalue weighted by molar-refractivity contribution is 5.96. The lowest BCUT2D eigenvalue weighted by Gasteiger charge is -2.22. The summed E-state index contributed by atoms with van der Waals surface area (Å²) in [5.41, 5.74) is 0.496. The highest BCUT2D eigenvalue weighted by atomic mass is 16.2. The first kappa shape index (κ1) is 15.4. The number of fused-ring (bicyclic) bond motifs is 1. The maximum atomic E-state index is 12.8. The Bertz CT molecular complexity index is 814. The van der Waals surface area contributed by atoms with Gasteiger partial charge in [-0.1, -0.05) is 37.5 Å². The number of hydrogen-bond donors (Lipinski definition) is 1. The van der Waals surface area contributed by atoms with Gasteiger partial charge in [0.2, 0.25) is 0 Å². The number of hydrogen-bond acceptors (Lipinski definition) is 2. The topological polar surface area (TPSA) is 51.1 Å². The molecule has 0 unspecified atom stereocenters. The lowest BCUT2D eigenvalue weighted by atomic mass is 9.89. The molecule has 0 bridgehead atoms. The van der Waals surface area contributed by atoms with E-state index < -0.39 is 0 Å². The number of pyridine rings is 1. The fourth-order valence-corrected chi connectivity index (χ4v) is 3.86. The minimum Gasteiger partial charge on any atom is -0.350 e. The molecule has 0 spiro atoms. The van der Waals surface area contributed by atoms with Gasteiger partial charge in [-0.3, -0.25) is 9.59 Å². The molecule has 24 heavy (non-hydrogen) atoms. The molecule has 1 aromatic heterocycles. The summed E-state index contributed by atoms with van der Waals surface area (Å²) >= 11 is 0. The summed E-state index contributed by atoms with van der Waals surface area (Å²) < 4.78 is 1.72. The molecule has 126 valence electrons. The Kier molecular flexibility index (Phi) is 4.13. The van der Waals surface area contributed by atoms with Gasteiger partial charge in [0.1, 0.15) is 5.69 Å². The van der Waals surface area contributed by atoms with Crippen LogP contribution >= 0.6 is 0 Å². The number of amides is 1. The third-order valence-corrected chi connectivity index (χ3v) is 5.38. The Labute approximate surface area is 141 Å². The van der Waals surface area contributed by atoms with Crippen LogP contribution in [0.5, 0.6) is 0 Å². The number of benzene rings is 1. The number of nitrogens with zero attached hydrogens (tertiary/aromatic N) is 1. The minimum absolute atomic E-state index is 0.0292. The van der Waals surface area contributed by atoms with E-state index in [-0.39, 0.29) is 17.5 Å². The molecular weight excluding hydrogens is 300 g/mol. The summed E-state index contributed by atoms with van der Waals surface area (Å²) in [5, 5.41) is 4.64. The highest BCUT2D eigenvalue weighted by Crippen LogP contribution is 2.35. The van der Waals surface area contributed by atoms with Crippen LogP contribution in [0.15, 0.2) is 35.1 Å². The highest BCUT2D eigenvalue weighted by Gasteiger charge is 2.29. The van der Waals surface area contributed by atoms with E-state index >= 15 is 0 Å². The van der Waals surface area contributed by atoms with Crippen LogP contribution < -0.4 is 10.9 Å². The van der Waals surface area contributed by atoms with E-state index in [1.54, 1.807) is 4.57 Å². The minimum atomic E-state index is -0.102. The number of carbonyl (C=O) groups excluding carboxylic acids is 1. The quantitative estimate of drug-likeness (QED) is 0.933. The molecule has 1 N–H and O–H groups in total. The third kappa shape index (κ3) is 2.97. The molecule has 4 heteroatoms. The van der Waals surface area contributed by atoms with Crippen LogP contribution in [0.3, 0.4) is 0 Å². The molecule has 1 aromatic carbocycles. The van der Waals surface area contributed by atoms with Gasteiger partial charge in [-0.05, 0) is 49.1 Å². The number of carbonyl (C=O) groups is 1. The van der Waals surface area contributed by atoms with Gasteiger partial charge in [0.15, 0.2) is 0 Å². The predicted octanol–water partition coefficient (Wildman–Crippen LogP) is 3.65. The molecular formula is C20H24N2O2. The van der Waals surface area contributed by atoms with Crippen LogP contribution in [-0.4, -0.2) is 17.0 Å². The first-order chi connectivity index (χ1) is 11.7. The van der Waals surface area contributed by atoms with Crippen molar-refractivity contribution in [2.24, 2.45) is 5.92 Å². The van der Waals surface area contributed by atoms with Crippen molar-refractivity contribution in [1.29, 1.82) is 0 Å². The molecule has 1 heterocycles. The van der Waals surface area contributed by atoms with Crippen molar-refractivity contribution in [2.75, 3.05) is 6.54 Å². The van der Waals surface area contributed by atoms with Gasteiger partial charge >= 0.3 is 0 Å². The Morgan fingerprint density at radius 1 is 1.08 bits per heavy atom. The Morgan fingerprint density at radius 3 is 2.58 bits per heavy atom. The second kappa shape index (κ2) is 6.42. The van der Waals surface area contributed by atoms with Gasteiger partial charge < -0.3 is 9.88 Å². The average molecular weight is 324 g/mol. The van der Waals surface area contributed by atoms with Crippen molar-refractivity contribution in [2.45, 2.75) is 51.0 Å². The summed E-state index contributed by atoms with van der Waals surface area (Å²) in [5.74, 6) is 0.486. The van der Waals surface area contributed by atoms with E-state index in [0.717, 1.165) is 24.8 Å². The molecule has 4 nitrogen and oxygen atoms in total. The smallest absolute Gasteiger partial charge is 0.268 e. The molecule has 2 aliphatic rings. The van der Waals surface area contributed by atoms with Gasteiger partial charge in [-0.25, -0.2) is 0 Å². The van der Waals surface area contributed by atoms with Gasteiger partial charge in [-0.15, -0.1) is 0 Å². The summed E-state index contributed by atoms with van der Waals surface area (Å²) in [7, 11) is 0. The van der Waals surface area contributed by atoms with Gasteiger partial charge in [0, 0.05) is 18.0 Å². The van der Waals surface area contributed by atoms with E-state index in [0.29, 0.717) is 17.0 Å². The number of aromatic nitrogens is 1. The van der Waals surface area contributed by atoms with Crippen LogP contribution in [0, 0.1) is 5.92 Å². The molecule has 0 atom stereocenters. The summed E-state index contributed by atoms with van der Waals surface area (Å²) in [6.45, 7) is 0.727. The lowest BCUT2D eigenvalue weighted by Crippen LogP contribution is -2.35. The molecule has 4 rings (SSSR count). The van der Waals surface area contributed by atoms with Gasteiger partial charge in [0.25, 0.3) is 11.5 Å². The maximum absolute atomic E-state index is 12.8. The van der Waals surface area contributed by atoms with Crippen molar-refractivity contribution in [3.05, 3.63) is 46.4 Å². The standard InChI is InChI=1S/C20H24N2O2/c23-19(21-13-14-6-2-1-3-7-14)18-12-15-8-4-5-9-17(15)20(24)22(18)16-10-11-16/h4-5,8-9,12,14,16H,1-3,6-7,10-11,13H2,(H,21,23). The van der Waals surface area contributed by atoms with E-state index in [1.807, 2.05) is 30.3 Å². The fraction of sp³-hybridized carbons (Fsp3) is 0.500. The first-order valence-corrected chi connectivity index (χ1v) is 9.16. The zero-order valence-corrected chi connectivity index (χ0v) is 14.0. The Balaban J connectivity index is 1.63. The largest absolute Gasteiger partial charge is 0.350 e. The molecule has 1 amide bonds. The molecule has 0 saturated heterocycles. The molecule has 2 saturated carbocycles.